The number of likely N-dealkylation sites (tertiary alicyclic amines) is 1. The second-order valence-electron chi connectivity index (χ2n) is 8.17. The molecule has 3 aromatic rings. The number of nitrogens with one attached hydrogen (secondary N) is 2. The Kier molecular flexibility index (Phi) is 5.67. The maximum atomic E-state index is 12.6. The second kappa shape index (κ2) is 8.37. The van der Waals surface area contributed by atoms with Crippen LogP contribution in [0.15, 0.2) is 36.7 Å². The van der Waals surface area contributed by atoms with Crippen LogP contribution in [0.3, 0.4) is 0 Å². The summed E-state index contributed by atoms with van der Waals surface area (Å²) < 4.78 is 0. The monoisotopic (exact) mass is 390 g/mol. The molecule has 4 rings (SSSR count). The summed E-state index contributed by atoms with van der Waals surface area (Å²) in [7, 11) is 0. The smallest absolute Gasteiger partial charge is 0.253 e. The molecule has 0 saturated carbocycles. The lowest BCUT2D eigenvalue weighted by Gasteiger charge is -2.32. The van der Waals surface area contributed by atoms with Gasteiger partial charge in [-0.15, -0.1) is 0 Å². The number of amides is 1. The zero-order valence-corrected chi connectivity index (χ0v) is 17.6. The molecule has 1 aromatic carbocycles. The van der Waals surface area contributed by atoms with Gasteiger partial charge in [-0.3, -0.25) is 9.78 Å². The van der Waals surface area contributed by atoms with E-state index in [0.29, 0.717) is 6.04 Å². The summed E-state index contributed by atoms with van der Waals surface area (Å²) in [5.41, 5.74) is 7.37. The van der Waals surface area contributed by atoms with E-state index in [1.807, 2.05) is 4.90 Å². The first-order valence-electron chi connectivity index (χ1n) is 10.5. The third kappa shape index (κ3) is 4.06. The third-order valence-corrected chi connectivity index (χ3v) is 6.34. The standard InChI is InChI=1S/C24H30N4O/c1-16-4-5-22-21(18(3)27-23(22)17(16)2)8-13-26-20-9-14-28(15-10-20)24(29)19-6-11-25-12-7-19/h4-7,11-12,20,26-27H,8-10,13-15H2,1-3H3. The van der Waals surface area contributed by atoms with Gasteiger partial charge < -0.3 is 15.2 Å². The van der Waals surface area contributed by atoms with Crippen LogP contribution in [-0.4, -0.2) is 46.5 Å². The molecule has 1 aliphatic rings. The summed E-state index contributed by atoms with van der Waals surface area (Å²) in [4.78, 5) is 22.1. The molecule has 1 aliphatic heterocycles. The van der Waals surface area contributed by atoms with Gasteiger partial charge in [-0.1, -0.05) is 12.1 Å². The zero-order chi connectivity index (χ0) is 20.4. The SMILES string of the molecule is Cc1ccc2c(CCNC3CCN(C(=O)c4ccncc4)CC3)c(C)[nH]c2c1C. The van der Waals surface area contributed by atoms with Crippen molar-refractivity contribution in [3.05, 3.63) is 64.6 Å². The number of rotatable bonds is 5. The van der Waals surface area contributed by atoms with E-state index >= 15 is 0 Å². The number of aromatic amines is 1. The molecule has 0 aliphatic carbocycles. The minimum atomic E-state index is 0.117. The number of piperidine rings is 1. The Labute approximate surface area is 172 Å². The molecule has 0 unspecified atom stereocenters. The Bertz CT molecular complexity index is 1000. The number of nitrogens with zero attached hydrogens (tertiary/aromatic N) is 2. The van der Waals surface area contributed by atoms with Crippen LogP contribution >= 0.6 is 0 Å². The van der Waals surface area contributed by atoms with Crippen LogP contribution in [0.25, 0.3) is 10.9 Å². The average Bonchev–Trinajstić information content (AvgIpc) is 3.07. The molecule has 2 aromatic heterocycles. The molecule has 0 bridgehead atoms. The minimum Gasteiger partial charge on any atom is -0.358 e. The Morgan fingerprint density at radius 2 is 1.86 bits per heavy atom. The highest BCUT2D eigenvalue weighted by Crippen LogP contribution is 2.27. The predicted molar refractivity (Wildman–Crippen MR) is 117 cm³/mol. The van der Waals surface area contributed by atoms with Gasteiger partial charge in [0.25, 0.3) is 5.91 Å². The van der Waals surface area contributed by atoms with Crippen molar-refractivity contribution in [3.8, 4) is 0 Å². The van der Waals surface area contributed by atoms with Crippen molar-refractivity contribution < 1.29 is 4.79 Å². The van der Waals surface area contributed by atoms with Gasteiger partial charge >= 0.3 is 0 Å². The number of benzene rings is 1. The average molecular weight is 391 g/mol. The molecule has 0 radical (unpaired) electrons. The number of pyridine rings is 1. The van der Waals surface area contributed by atoms with E-state index in [0.717, 1.165) is 44.5 Å². The summed E-state index contributed by atoms with van der Waals surface area (Å²) in [6, 6.07) is 8.53. The molecule has 152 valence electrons. The fraction of sp³-hybridized carbons (Fsp3) is 0.417. The first-order chi connectivity index (χ1) is 14.0. The van der Waals surface area contributed by atoms with Crippen molar-refractivity contribution >= 4 is 16.8 Å². The van der Waals surface area contributed by atoms with Gasteiger partial charge in [0.2, 0.25) is 0 Å². The molecule has 2 N–H and O–H groups in total. The van der Waals surface area contributed by atoms with Crippen LogP contribution in [0.2, 0.25) is 0 Å². The van der Waals surface area contributed by atoms with E-state index in [2.05, 4.69) is 48.2 Å². The first-order valence-corrected chi connectivity index (χ1v) is 10.5. The number of carbonyl (C=O) groups excluding carboxylic acids is 1. The molecule has 5 nitrogen and oxygen atoms in total. The van der Waals surface area contributed by atoms with E-state index in [4.69, 9.17) is 0 Å². The van der Waals surface area contributed by atoms with Gasteiger partial charge in [0.1, 0.15) is 0 Å². The van der Waals surface area contributed by atoms with E-state index in [1.54, 1.807) is 24.5 Å². The van der Waals surface area contributed by atoms with Crippen molar-refractivity contribution in [2.45, 2.75) is 46.1 Å². The predicted octanol–water partition coefficient (Wildman–Crippen LogP) is 3.93. The van der Waals surface area contributed by atoms with E-state index in [9.17, 15) is 4.79 Å². The summed E-state index contributed by atoms with van der Waals surface area (Å²) >= 11 is 0. The molecule has 1 saturated heterocycles. The minimum absolute atomic E-state index is 0.117. The van der Waals surface area contributed by atoms with Crippen molar-refractivity contribution in [2.75, 3.05) is 19.6 Å². The number of fused-ring (bicyclic) bond motifs is 1. The van der Waals surface area contributed by atoms with Gasteiger partial charge in [0.15, 0.2) is 0 Å². The maximum Gasteiger partial charge on any atom is 0.253 e. The van der Waals surface area contributed by atoms with Gasteiger partial charge in [-0.25, -0.2) is 0 Å². The Balaban J connectivity index is 1.30. The van der Waals surface area contributed by atoms with Gasteiger partial charge in [-0.2, -0.15) is 0 Å². The second-order valence-corrected chi connectivity index (χ2v) is 8.17. The molecular formula is C24H30N4O. The normalized spacial score (nSPS) is 15.2. The summed E-state index contributed by atoms with van der Waals surface area (Å²) in [6.45, 7) is 9.11. The van der Waals surface area contributed by atoms with Crippen molar-refractivity contribution in [2.24, 2.45) is 0 Å². The number of aryl methyl sites for hydroxylation is 3. The van der Waals surface area contributed by atoms with Gasteiger partial charge in [0.05, 0.1) is 0 Å². The Hall–Kier alpha value is -2.66. The highest BCUT2D eigenvalue weighted by atomic mass is 16.2. The number of carbonyl (C=O) groups is 1. The van der Waals surface area contributed by atoms with Crippen LogP contribution < -0.4 is 5.32 Å². The van der Waals surface area contributed by atoms with Crippen LogP contribution in [0.5, 0.6) is 0 Å². The highest BCUT2D eigenvalue weighted by Gasteiger charge is 2.23. The van der Waals surface area contributed by atoms with Crippen LogP contribution in [0, 0.1) is 20.8 Å². The molecule has 5 heteroatoms. The molecular weight excluding hydrogens is 360 g/mol. The van der Waals surface area contributed by atoms with Crippen molar-refractivity contribution in [1.29, 1.82) is 0 Å². The number of aromatic nitrogens is 2. The number of hydrogen-bond acceptors (Lipinski definition) is 3. The van der Waals surface area contributed by atoms with Crippen molar-refractivity contribution in [1.82, 2.24) is 20.2 Å². The highest BCUT2D eigenvalue weighted by molar-refractivity contribution is 5.94. The lowest BCUT2D eigenvalue weighted by Crippen LogP contribution is -2.45. The van der Waals surface area contributed by atoms with Gasteiger partial charge in [-0.05, 0) is 75.4 Å². The Morgan fingerprint density at radius 3 is 2.59 bits per heavy atom. The van der Waals surface area contributed by atoms with Crippen LogP contribution in [0.1, 0.15) is 45.6 Å². The molecule has 0 spiro atoms. The van der Waals surface area contributed by atoms with Crippen LogP contribution in [0.4, 0.5) is 0 Å². The molecule has 3 heterocycles. The fourth-order valence-electron chi connectivity index (χ4n) is 4.38. The topological polar surface area (TPSA) is 61.0 Å². The summed E-state index contributed by atoms with van der Waals surface area (Å²) in [5, 5.41) is 5.07. The largest absolute Gasteiger partial charge is 0.358 e. The van der Waals surface area contributed by atoms with Gasteiger partial charge in [0, 0.05) is 53.7 Å². The number of H-pyrrole nitrogens is 1. The molecule has 29 heavy (non-hydrogen) atoms. The van der Waals surface area contributed by atoms with Crippen molar-refractivity contribution in [3.63, 3.8) is 0 Å². The molecule has 1 amide bonds. The lowest BCUT2D eigenvalue weighted by atomic mass is 10.0. The lowest BCUT2D eigenvalue weighted by molar-refractivity contribution is 0.0705. The number of hydrogen-bond donors (Lipinski definition) is 2. The fourth-order valence-corrected chi connectivity index (χ4v) is 4.38. The first kappa shape index (κ1) is 19.6. The maximum absolute atomic E-state index is 12.6. The molecule has 1 fully saturated rings. The van der Waals surface area contributed by atoms with E-state index in [1.165, 1.54) is 33.3 Å². The van der Waals surface area contributed by atoms with Crippen LogP contribution in [-0.2, 0) is 6.42 Å². The van der Waals surface area contributed by atoms with E-state index < -0.39 is 0 Å². The van der Waals surface area contributed by atoms with E-state index in [-0.39, 0.29) is 5.91 Å². The Morgan fingerprint density at radius 1 is 1.14 bits per heavy atom. The quantitative estimate of drug-likeness (QED) is 0.694. The summed E-state index contributed by atoms with van der Waals surface area (Å²) in [6.07, 6.45) is 6.38. The summed E-state index contributed by atoms with van der Waals surface area (Å²) in [5.74, 6) is 0.117. The third-order valence-electron chi connectivity index (χ3n) is 6.34. The zero-order valence-electron chi connectivity index (χ0n) is 17.6. The molecule has 0 atom stereocenters.